The molecular formula is C19H20N6O4. The number of carbonyl (C=O) groups excluding carboxylic acids is 2. The third-order valence-electron chi connectivity index (χ3n) is 4.66. The molecule has 0 fully saturated rings. The van der Waals surface area contributed by atoms with Gasteiger partial charge in [-0.1, -0.05) is 0 Å². The monoisotopic (exact) mass is 396 g/mol. The number of carbonyl (C=O) groups is 2. The van der Waals surface area contributed by atoms with Gasteiger partial charge in [-0.15, -0.1) is 0 Å². The van der Waals surface area contributed by atoms with Crippen LogP contribution in [0.25, 0.3) is 5.95 Å². The molecule has 0 aliphatic heterocycles. The van der Waals surface area contributed by atoms with E-state index >= 15 is 0 Å². The number of aryl methyl sites for hydroxylation is 2. The van der Waals surface area contributed by atoms with Crippen molar-refractivity contribution in [1.82, 2.24) is 25.1 Å². The Hall–Kier alpha value is -3.69. The van der Waals surface area contributed by atoms with Gasteiger partial charge in [0.25, 0.3) is 5.56 Å². The number of rotatable bonds is 4. The molecule has 150 valence electrons. The van der Waals surface area contributed by atoms with E-state index in [2.05, 4.69) is 25.7 Å². The normalized spacial score (nSPS) is 13.0. The highest BCUT2D eigenvalue weighted by atomic mass is 16.3. The number of nitrogens with one attached hydrogen (secondary N) is 3. The summed E-state index contributed by atoms with van der Waals surface area (Å²) in [6.45, 7) is 1.83. The molecule has 29 heavy (non-hydrogen) atoms. The molecule has 0 saturated heterocycles. The highest BCUT2D eigenvalue weighted by molar-refractivity contribution is 6.39. The van der Waals surface area contributed by atoms with Crippen molar-refractivity contribution in [3.63, 3.8) is 0 Å². The largest absolute Gasteiger partial charge is 0.467 e. The van der Waals surface area contributed by atoms with Gasteiger partial charge in [0.15, 0.2) is 0 Å². The number of anilines is 1. The van der Waals surface area contributed by atoms with E-state index in [0.717, 1.165) is 25.0 Å². The summed E-state index contributed by atoms with van der Waals surface area (Å²) < 4.78 is 6.44. The molecule has 0 aromatic carbocycles. The molecular weight excluding hydrogens is 376 g/mol. The molecule has 10 heteroatoms. The lowest BCUT2D eigenvalue weighted by Crippen LogP contribution is -2.35. The predicted octanol–water partition coefficient (Wildman–Crippen LogP) is 0.991. The summed E-state index contributed by atoms with van der Waals surface area (Å²) in [5.74, 6) is -0.714. The van der Waals surface area contributed by atoms with Crippen LogP contribution in [0.2, 0.25) is 0 Å². The predicted molar refractivity (Wildman–Crippen MR) is 103 cm³/mol. The Morgan fingerprint density at radius 2 is 2.10 bits per heavy atom. The summed E-state index contributed by atoms with van der Waals surface area (Å²) >= 11 is 0. The van der Waals surface area contributed by atoms with Gasteiger partial charge in [-0.3, -0.25) is 19.4 Å². The lowest BCUT2D eigenvalue weighted by molar-refractivity contribution is -0.136. The Bertz CT molecular complexity index is 1110. The average Bonchev–Trinajstić information content (AvgIpc) is 3.35. The molecule has 1 aliphatic carbocycles. The number of hydrogen-bond donors (Lipinski definition) is 3. The number of amides is 2. The van der Waals surface area contributed by atoms with Crippen LogP contribution in [0.15, 0.2) is 33.7 Å². The number of aromatic nitrogens is 4. The zero-order valence-electron chi connectivity index (χ0n) is 15.8. The van der Waals surface area contributed by atoms with E-state index in [0.29, 0.717) is 23.4 Å². The number of H-pyrrole nitrogens is 1. The standard InChI is InChI=1S/C19H20N6O4/c1-11-9-15(22-18(28)17(27)20-10-12-5-4-8-29-12)25(24-11)19-21-14-7-3-2-6-13(14)16(26)23-19/h4-5,8-9H,2-3,6-7,10H2,1H3,(H,20,27)(H,22,28)(H,21,23,26). The molecule has 0 spiro atoms. The molecule has 0 radical (unpaired) electrons. The minimum Gasteiger partial charge on any atom is -0.467 e. The maximum atomic E-state index is 12.4. The van der Waals surface area contributed by atoms with Crippen LogP contribution < -0.4 is 16.2 Å². The fourth-order valence-corrected chi connectivity index (χ4v) is 3.27. The van der Waals surface area contributed by atoms with Gasteiger partial charge >= 0.3 is 11.8 Å². The number of fused-ring (bicyclic) bond motifs is 1. The minimum atomic E-state index is -0.863. The lowest BCUT2D eigenvalue weighted by Gasteiger charge is -2.15. The van der Waals surface area contributed by atoms with E-state index in [1.807, 2.05) is 0 Å². The summed E-state index contributed by atoms with van der Waals surface area (Å²) in [5.41, 5.74) is 1.84. The number of aromatic amines is 1. The summed E-state index contributed by atoms with van der Waals surface area (Å²) in [6.07, 6.45) is 4.85. The van der Waals surface area contributed by atoms with Gasteiger partial charge in [0.1, 0.15) is 11.6 Å². The first kappa shape index (κ1) is 18.7. The smallest absolute Gasteiger partial charge is 0.314 e. The van der Waals surface area contributed by atoms with Gasteiger partial charge < -0.3 is 15.1 Å². The van der Waals surface area contributed by atoms with Gasteiger partial charge in [0.05, 0.1) is 24.2 Å². The van der Waals surface area contributed by atoms with Crippen molar-refractivity contribution in [1.29, 1.82) is 0 Å². The van der Waals surface area contributed by atoms with Crippen molar-refractivity contribution in [3.05, 3.63) is 57.5 Å². The maximum absolute atomic E-state index is 12.4. The van der Waals surface area contributed by atoms with Gasteiger partial charge in [0.2, 0.25) is 5.95 Å². The SMILES string of the molecule is Cc1cc(NC(=O)C(=O)NCc2ccco2)n(-c2nc3c(c(=O)[nH]2)CCCC3)n1. The Morgan fingerprint density at radius 1 is 1.28 bits per heavy atom. The highest BCUT2D eigenvalue weighted by Gasteiger charge is 2.21. The number of hydrogen-bond acceptors (Lipinski definition) is 6. The van der Waals surface area contributed by atoms with E-state index in [-0.39, 0.29) is 23.9 Å². The third-order valence-corrected chi connectivity index (χ3v) is 4.66. The molecule has 10 nitrogen and oxygen atoms in total. The van der Waals surface area contributed by atoms with Crippen LogP contribution in [0.3, 0.4) is 0 Å². The Morgan fingerprint density at radius 3 is 2.90 bits per heavy atom. The fraction of sp³-hybridized carbons (Fsp3) is 0.316. The Balaban J connectivity index is 1.54. The second-order valence-electron chi connectivity index (χ2n) is 6.82. The summed E-state index contributed by atoms with van der Waals surface area (Å²) in [4.78, 5) is 44.0. The molecule has 0 saturated carbocycles. The van der Waals surface area contributed by atoms with Crippen LogP contribution in [0, 0.1) is 6.92 Å². The van der Waals surface area contributed by atoms with Crippen molar-refractivity contribution in [3.8, 4) is 5.95 Å². The molecule has 0 bridgehead atoms. The van der Waals surface area contributed by atoms with Crippen LogP contribution in [-0.4, -0.2) is 31.6 Å². The zero-order valence-corrected chi connectivity index (χ0v) is 15.8. The van der Waals surface area contributed by atoms with E-state index in [9.17, 15) is 14.4 Å². The van der Waals surface area contributed by atoms with Crippen molar-refractivity contribution in [2.75, 3.05) is 5.32 Å². The zero-order chi connectivity index (χ0) is 20.4. The van der Waals surface area contributed by atoms with Gasteiger partial charge in [0, 0.05) is 11.6 Å². The van der Waals surface area contributed by atoms with Crippen LogP contribution in [0.4, 0.5) is 5.82 Å². The topological polar surface area (TPSA) is 135 Å². The van der Waals surface area contributed by atoms with Gasteiger partial charge in [-0.2, -0.15) is 9.78 Å². The van der Waals surface area contributed by atoms with Crippen LogP contribution >= 0.6 is 0 Å². The van der Waals surface area contributed by atoms with E-state index in [1.54, 1.807) is 25.1 Å². The molecule has 3 N–H and O–H groups in total. The van der Waals surface area contributed by atoms with E-state index < -0.39 is 11.8 Å². The van der Waals surface area contributed by atoms with E-state index in [1.165, 1.54) is 10.9 Å². The highest BCUT2D eigenvalue weighted by Crippen LogP contribution is 2.19. The van der Waals surface area contributed by atoms with Gasteiger partial charge in [-0.25, -0.2) is 4.98 Å². The molecule has 1 aliphatic rings. The second-order valence-corrected chi connectivity index (χ2v) is 6.82. The molecule has 3 aromatic heterocycles. The summed E-state index contributed by atoms with van der Waals surface area (Å²) in [5, 5.41) is 9.28. The van der Waals surface area contributed by atoms with Gasteiger partial charge in [-0.05, 0) is 44.7 Å². The van der Waals surface area contributed by atoms with Crippen molar-refractivity contribution in [2.45, 2.75) is 39.2 Å². The molecule has 3 aromatic rings. The first-order valence-electron chi connectivity index (χ1n) is 9.32. The van der Waals surface area contributed by atoms with Crippen molar-refractivity contribution in [2.24, 2.45) is 0 Å². The summed E-state index contributed by atoms with van der Waals surface area (Å²) in [6, 6.07) is 4.97. The lowest BCUT2D eigenvalue weighted by atomic mass is 9.97. The Kier molecular flexibility index (Phi) is 4.98. The quantitative estimate of drug-likeness (QED) is 0.563. The maximum Gasteiger partial charge on any atom is 0.314 e. The van der Waals surface area contributed by atoms with E-state index in [4.69, 9.17) is 4.42 Å². The number of furan rings is 1. The number of nitrogens with zero attached hydrogens (tertiary/aromatic N) is 3. The summed E-state index contributed by atoms with van der Waals surface area (Å²) in [7, 11) is 0. The van der Waals surface area contributed by atoms with Crippen LogP contribution in [-0.2, 0) is 29.0 Å². The van der Waals surface area contributed by atoms with Crippen LogP contribution in [0.5, 0.6) is 0 Å². The average molecular weight is 396 g/mol. The molecule has 4 rings (SSSR count). The first-order valence-corrected chi connectivity index (χ1v) is 9.32. The second kappa shape index (κ2) is 7.74. The fourth-order valence-electron chi connectivity index (χ4n) is 3.27. The first-order chi connectivity index (χ1) is 14.0. The molecule has 2 amide bonds. The van der Waals surface area contributed by atoms with Crippen LogP contribution in [0.1, 0.15) is 35.6 Å². The Labute approximate surface area is 165 Å². The molecule has 0 unspecified atom stereocenters. The molecule has 0 atom stereocenters. The third kappa shape index (κ3) is 3.96. The molecule has 3 heterocycles. The van der Waals surface area contributed by atoms with Crippen molar-refractivity contribution < 1.29 is 14.0 Å². The minimum absolute atomic E-state index is 0.0945. The van der Waals surface area contributed by atoms with Crippen molar-refractivity contribution >= 4 is 17.6 Å².